The number of carbonyl (C=O) groups excluding carboxylic acids is 1. The van der Waals surface area contributed by atoms with Crippen molar-refractivity contribution >= 4 is 17.7 Å². The molecule has 1 aromatic heterocycles. The van der Waals surface area contributed by atoms with Gasteiger partial charge in [-0.1, -0.05) is 12.1 Å². The van der Waals surface area contributed by atoms with Crippen LogP contribution in [0, 0.1) is 0 Å². The van der Waals surface area contributed by atoms with E-state index < -0.39 is 5.97 Å². The summed E-state index contributed by atoms with van der Waals surface area (Å²) < 4.78 is 0. The van der Waals surface area contributed by atoms with Gasteiger partial charge >= 0.3 is 12.0 Å². The molecule has 2 rings (SSSR count). The Morgan fingerprint density at radius 2 is 2.20 bits per heavy atom. The number of amides is 2. The first-order valence-electron chi connectivity index (χ1n) is 5.96. The van der Waals surface area contributed by atoms with Gasteiger partial charge in [-0.3, -0.25) is 4.79 Å². The first kappa shape index (κ1) is 13.6. The number of carboxylic acid groups (broad SMARTS) is 1. The Bertz CT molecular complexity index is 595. The summed E-state index contributed by atoms with van der Waals surface area (Å²) >= 11 is 0. The van der Waals surface area contributed by atoms with Crippen LogP contribution in [0.2, 0.25) is 0 Å². The van der Waals surface area contributed by atoms with Crippen molar-refractivity contribution in [3.63, 3.8) is 0 Å². The maximum atomic E-state index is 11.7. The number of hydrogen-bond donors (Lipinski definition) is 4. The minimum atomic E-state index is -0.911. The zero-order valence-corrected chi connectivity index (χ0v) is 10.6. The SMILES string of the molecule is O=C(O)Cc1cccc(NC(=O)NCc2cnc[nH]2)c1. The van der Waals surface area contributed by atoms with E-state index in [0.717, 1.165) is 5.69 Å². The molecule has 20 heavy (non-hydrogen) atoms. The number of H-pyrrole nitrogens is 1. The van der Waals surface area contributed by atoms with Crippen molar-refractivity contribution in [3.05, 3.63) is 48.0 Å². The molecule has 4 N–H and O–H groups in total. The van der Waals surface area contributed by atoms with Crippen LogP contribution >= 0.6 is 0 Å². The minimum absolute atomic E-state index is 0.0781. The highest BCUT2D eigenvalue weighted by Crippen LogP contribution is 2.11. The van der Waals surface area contributed by atoms with E-state index in [9.17, 15) is 9.59 Å². The summed E-state index contributed by atoms with van der Waals surface area (Å²) in [6.45, 7) is 0.334. The zero-order valence-electron chi connectivity index (χ0n) is 10.6. The molecular formula is C13H14N4O3. The van der Waals surface area contributed by atoms with E-state index in [1.165, 1.54) is 6.33 Å². The smallest absolute Gasteiger partial charge is 0.319 e. The first-order valence-corrected chi connectivity index (χ1v) is 5.96. The van der Waals surface area contributed by atoms with Gasteiger partial charge < -0.3 is 20.7 Å². The molecule has 0 atom stereocenters. The lowest BCUT2D eigenvalue weighted by Crippen LogP contribution is -2.28. The van der Waals surface area contributed by atoms with Gasteiger partial charge in [0.25, 0.3) is 0 Å². The van der Waals surface area contributed by atoms with Crippen LogP contribution < -0.4 is 10.6 Å². The van der Waals surface area contributed by atoms with Crippen LogP contribution in [0.15, 0.2) is 36.8 Å². The third-order valence-corrected chi connectivity index (χ3v) is 2.53. The number of nitrogens with zero attached hydrogens (tertiary/aromatic N) is 1. The Labute approximate surface area is 115 Å². The molecule has 0 aliphatic carbocycles. The number of carboxylic acids is 1. The standard InChI is InChI=1S/C13H14N4O3/c18-12(19)5-9-2-1-3-10(4-9)17-13(20)15-7-11-6-14-8-16-11/h1-4,6,8H,5,7H2,(H,14,16)(H,18,19)(H2,15,17,20). The lowest BCUT2D eigenvalue weighted by atomic mass is 10.1. The fourth-order valence-corrected chi connectivity index (χ4v) is 1.67. The Balaban J connectivity index is 1.88. The highest BCUT2D eigenvalue weighted by atomic mass is 16.4. The number of hydrogen-bond acceptors (Lipinski definition) is 3. The number of urea groups is 1. The normalized spacial score (nSPS) is 10.0. The van der Waals surface area contributed by atoms with Crippen molar-refractivity contribution in [1.29, 1.82) is 0 Å². The molecule has 2 aromatic rings. The molecule has 0 aliphatic rings. The van der Waals surface area contributed by atoms with E-state index in [1.807, 2.05) is 0 Å². The molecule has 1 heterocycles. The van der Waals surface area contributed by atoms with Crippen LogP contribution in [-0.2, 0) is 17.8 Å². The second-order valence-corrected chi connectivity index (χ2v) is 4.16. The fourth-order valence-electron chi connectivity index (χ4n) is 1.67. The van der Waals surface area contributed by atoms with Gasteiger partial charge in [0.05, 0.1) is 25.0 Å². The molecule has 0 saturated heterocycles. The highest BCUT2D eigenvalue weighted by molar-refractivity contribution is 5.89. The van der Waals surface area contributed by atoms with Crippen molar-refractivity contribution in [3.8, 4) is 0 Å². The monoisotopic (exact) mass is 274 g/mol. The van der Waals surface area contributed by atoms with Gasteiger partial charge in [-0.05, 0) is 17.7 Å². The van der Waals surface area contributed by atoms with Crippen molar-refractivity contribution in [2.24, 2.45) is 0 Å². The number of aromatic amines is 1. The van der Waals surface area contributed by atoms with Gasteiger partial charge in [0, 0.05) is 11.9 Å². The molecule has 104 valence electrons. The number of nitrogens with one attached hydrogen (secondary N) is 3. The molecule has 0 saturated carbocycles. The van der Waals surface area contributed by atoms with Crippen molar-refractivity contribution in [1.82, 2.24) is 15.3 Å². The molecule has 0 unspecified atom stereocenters. The van der Waals surface area contributed by atoms with Gasteiger partial charge in [-0.15, -0.1) is 0 Å². The van der Waals surface area contributed by atoms with Crippen molar-refractivity contribution in [2.45, 2.75) is 13.0 Å². The lowest BCUT2D eigenvalue weighted by Gasteiger charge is -2.07. The minimum Gasteiger partial charge on any atom is -0.481 e. The molecular weight excluding hydrogens is 260 g/mol. The summed E-state index contributed by atoms with van der Waals surface area (Å²) in [4.78, 5) is 29.0. The zero-order chi connectivity index (χ0) is 14.4. The average Bonchev–Trinajstić information content (AvgIpc) is 2.89. The number of carbonyl (C=O) groups is 2. The number of aromatic nitrogens is 2. The van der Waals surface area contributed by atoms with Crippen molar-refractivity contribution in [2.75, 3.05) is 5.32 Å². The molecule has 2 amide bonds. The summed E-state index contributed by atoms with van der Waals surface area (Å²) in [5, 5.41) is 14.0. The lowest BCUT2D eigenvalue weighted by molar-refractivity contribution is -0.136. The molecule has 0 fully saturated rings. The molecule has 0 spiro atoms. The predicted molar refractivity (Wildman–Crippen MR) is 72.2 cm³/mol. The quantitative estimate of drug-likeness (QED) is 0.660. The largest absolute Gasteiger partial charge is 0.481 e. The molecule has 1 aromatic carbocycles. The van der Waals surface area contributed by atoms with E-state index in [1.54, 1.807) is 30.5 Å². The summed E-state index contributed by atoms with van der Waals surface area (Å²) in [5.74, 6) is -0.911. The first-order chi connectivity index (χ1) is 9.63. The number of anilines is 1. The molecule has 7 heteroatoms. The maximum Gasteiger partial charge on any atom is 0.319 e. The van der Waals surface area contributed by atoms with E-state index in [0.29, 0.717) is 17.8 Å². The van der Waals surface area contributed by atoms with Crippen LogP contribution in [0.25, 0.3) is 0 Å². The van der Waals surface area contributed by atoms with Crippen LogP contribution in [0.4, 0.5) is 10.5 Å². The van der Waals surface area contributed by atoms with Gasteiger partial charge in [-0.25, -0.2) is 9.78 Å². The summed E-state index contributed by atoms with van der Waals surface area (Å²) in [6.07, 6.45) is 3.07. The summed E-state index contributed by atoms with van der Waals surface area (Å²) in [7, 11) is 0. The Hall–Kier alpha value is -2.83. The third kappa shape index (κ3) is 4.13. The Morgan fingerprint density at radius 1 is 1.35 bits per heavy atom. The van der Waals surface area contributed by atoms with Gasteiger partial charge in [-0.2, -0.15) is 0 Å². The number of imidazole rings is 1. The molecule has 7 nitrogen and oxygen atoms in total. The van der Waals surface area contributed by atoms with Crippen LogP contribution in [-0.4, -0.2) is 27.1 Å². The van der Waals surface area contributed by atoms with Gasteiger partial charge in [0.15, 0.2) is 0 Å². The molecule has 0 bridgehead atoms. The number of aliphatic carboxylic acids is 1. The summed E-state index contributed by atoms with van der Waals surface area (Å²) in [6, 6.07) is 6.35. The van der Waals surface area contributed by atoms with E-state index >= 15 is 0 Å². The Morgan fingerprint density at radius 3 is 2.90 bits per heavy atom. The van der Waals surface area contributed by atoms with Crippen LogP contribution in [0.3, 0.4) is 0 Å². The highest BCUT2D eigenvalue weighted by Gasteiger charge is 2.05. The number of rotatable bonds is 5. The van der Waals surface area contributed by atoms with Gasteiger partial charge in [0.1, 0.15) is 0 Å². The van der Waals surface area contributed by atoms with Crippen molar-refractivity contribution < 1.29 is 14.7 Å². The molecule has 0 radical (unpaired) electrons. The van der Waals surface area contributed by atoms with Crippen LogP contribution in [0.5, 0.6) is 0 Å². The fraction of sp³-hybridized carbons (Fsp3) is 0.154. The third-order valence-electron chi connectivity index (χ3n) is 2.53. The van der Waals surface area contributed by atoms with Gasteiger partial charge in [0.2, 0.25) is 0 Å². The van der Waals surface area contributed by atoms with E-state index in [-0.39, 0.29) is 12.5 Å². The molecule has 0 aliphatic heterocycles. The summed E-state index contributed by atoms with van der Waals surface area (Å²) in [5.41, 5.74) is 1.97. The second-order valence-electron chi connectivity index (χ2n) is 4.16. The average molecular weight is 274 g/mol. The van der Waals surface area contributed by atoms with Crippen LogP contribution in [0.1, 0.15) is 11.3 Å². The predicted octanol–water partition coefficient (Wildman–Crippen LogP) is 1.36. The Kier molecular flexibility index (Phi) is 4.33. The second kappa shape index (κ2) is 6.37. The maximum absolute atomic E-state index is 11.7. The van der Waals surface area contributed by atoms with E-state index in [4.69, 9.17) is 5.11 Å². The topological polar surface area (TPSA) is 107 Å². The number of benzene rings is 1. The van der Waals surface area contributed by atoms with E-state index in [2.05, 4.69) is 20.6 Å².